The van der Waals surface area contributed by atoms with Crippen LogP contribution in [0.2, 0.25) is 0 Å². The lowest BCUT2D eigenvalue weighted by Gasteiger charge is -2.50. The van der Waals surface area contributed by atoms with E-state index >= 15 is 0 Å². The number of hydrogen-bond donors (Lipinski definition) is 1. The van der Waals surface area contributed by atoms with Gasteiger partial charge in [-0.05, 0) is 67.6 Å². The standard InChI is InChI=1S/C29H23Cl2FN2O6/c1-13(35)14-3-6-16(7-4-14)34-24(37)18-9-8-17-19(22(18)25(34)38)12-28(30)26(39)33(2)27(40)29(28,31)23(17)15-5-10-21(36)20(32)11-15/h3-8,10-11,18-19,22-23,36H,9,12H2,1-2H3. The van der Waals surface area contributed by atoms with Crippen LogP contribution in [0.15, 0.2) is 54.1 Å². The second-order valence-electron chi connectivity index (χ2n) is 10.8. The highest BCUT2D eigenvalue weighted by Gasteiger charge is 2.75. The zero-order valence-corrected chi connectivity index (χ0v) is 22.9. The molecule has 206 valence electrons. The Labute approximate surface area is 238 Å². The van der Waals surface area contributed by atoms with Crippen molar-refractivity contribution >= 4 is 58.3 Å². The van der Waals surface area contributed by atoms with Gasteiger partial charge in [0.05, 0.1) is 17.5 Å². The Morgan fingerprint density at radius 2 is 1.68 bits per heavy atom. The van der Waals surface area contributed by atoms with Gasteiger partial charge in [0.2, 0.25) is 11.8 Å². The molecule has 6 unspecified atom stereocenters. The molecule has 1 saturated carbocycles. The van der Waals surface area contributed by atoms with Crippen LogP contribution < -0.4 is 4.90 Å². The summed E-state index contributed by atoms with van der Waals surface area (Å²) >= 11 is 14.1. The summed E-state index contributed by atoms with van der Waals surface area (Å²) < 4.78 is 14.6. The predicted octanol–water partition coefficient (Wildman–Crippen LogP) is 3.93. The van der Waals surface area contributed by atoms with Gasteiger partial charge < -0.3 is 5.11 Å². The molecule has 2 heterocycles. The van der Waals surface area contributed by atoms with Crippen LogP contribution >= 0.6 is 23.2 Å². The molecule has 0 spiro atoms. The van der Waals surface area contributed by atoms with Gasteiger partial charge in [-0.3, -0.25) is 33.8 Å². The Morgan fingerprint density at radius 3 is 2.30 bits per heavy atom. The molecule has 2 aliphatic carbocycles. The molecule has 3 fully saturated rings. The zero-order valence-electron chi connectivity index (χ0n) is 21.4. The van der Waals surface area contributed by atoms with Crippen molar-refractivity contribution in [3.05, 3.63) is 71.1 Å². The number of carbonyl (C=O) groups is 5. The number of halogens is 3. The largest absolute Gasteiger partial charge is 0.505 e. The van der Waals surface area contributed by atoms with Crippen molar-refractivity contribution in [1.29, 1.82) is 0 Å². The lowest BCUT2D eigenvalue weighted by atomic mass is 9.56. The maximum absolute atomic E-state index is 14.6. The smallest absolute Gasteiger partial charge is 0.253 e. The van der Waals surface area contributed by atoms with E-state index in [1.165, 1.54) is 44.3 Å². The van der Waals surface area contributed by atoms with Crippen LogP contribution in [0.5, 0.6) is 5.75 Å². The van der Waals surface area contributed by atoms with Gasteiger partial charge in [-0.1, -0.05) is 17.7 Å². The van der Waals surface area contributed by atoms with Gasteiger partial charge in [-0.25, -0.2) is 4.39 Å². The highest BCUT2D eigenvalue weighted by atomic mass is 35.5. The number of nitrogens with zero attached hydrogens (tertiary/aromatic N) is 2. The molecule has 0 bridgehead atoms. The van der Waals surface area contributed by atoms with Crippen LogP contribution in [0.1, 0.15) is 41.6 Å². The lowest BCUT2D eigenvalue weighted by molar-refractivity contribution is -0.138. The number of hydrogen-bond acceptors (Lipinski definition) is 6. The molecule has 6 rings (SSSR count). The number of Topliss-reactive ketones (excluding diaryl/α,β-unsaturated/α-hetero) is 1. The fourth-order valence-electron chi connectivity index (χ4n) is 6.92. The predicted molar refractivity (Wildman–Crippen MR) is 142 cm³/mol. The number of alkyl halides is 2. The Kier molecular flexibility index (Phi) is 5.81. The lowest BCUT2D eigenvalue weighted by Crippen LogP contribution is -2.60. The number of imide groups is 2. The quantitative estimate of drug-likeness (QED) is 0.253. The average molecular weight is 585 g/mol. The summed E-state index contributed by atoms with van der Waals surface area (Å²) in [5.74, 6) is -7.67. The molecule has 8 nitrogen and oxygen atoms in total. The highest BCUT2D eigenvalue weighted by molar-refractivity contribution is 6.53. The fourth-order valence-corrected chi connectivity index (χ4v) is 7.94. The summed E-state index contributed by atoms with van der Waals surface area (Å²) in [7, 11) is 1.27. The summed E-state index contributed by atoms with van der Waals surface area (Å²) in [4.78, 5) is 64.1. The summed E-state index contributed by atoms with van der Waals surface area (Å²) in [6, 6.07) is 9.70. The number of anilines is 1. The van der Waals surface area contributed by atoms with E-state index in [4.69, 9.17) is 23.2 Å². The van der Waals surface area contributed by atoms with E-state index in [0.717, 1.165) is 21.9 Å². The first-order valence-corrected chi connectivity index (χ1v) is 13.5. The van der Waals surface area contributed by atoms with E-state index < -0.39 is 68.6 Å². The van der Waals surface area contributed by atoms with E-state index in [-0.39, 0.29) is 24.2 Å². The normalized spacial score (nSPS) is 33.1. The molecule has 11 heteroatoms. The number of likely N-dealkylation sites (tertiary alicyclic amines) is 1. The molecule has 1 N–H and O–H groups in total. The molecule has 6 atom stereocenters. The number of carbonyl (C=O) groups excluding carboxylic acids is 5. The first kappa shape index (κ1) is 26.7. The minimum atomic E-state index is -2.03. The molecule has 0 radical (unpaired) electrons. The van der Waals surface area contributed by atoms with E-state index in [9.17, 15) is 33.5 Å². The minimum Gasteiger partial charge on any atom is -0.505 e. The first-order valence-electron chi connectivity index (χ1n) is 12.7. The third kappa shape index (κ3) is 3.28. The molecule has 2 aliphatic heterocycles. The number of benzene rings is 2. The number of rotatable bonds is 3. The van der Waals surface area contributed by atoms with Crippen LogP contribution in [0.25, 0.3) is 0 Å². The van der Waals surface area contributed by atoms with Crippen molar-refractivity contribution in [2.45, 2.75) is 35.4 Å². The monoisotopic (exact) mass is 584 g/mol. The molecule has 40 heavy (non-hydrogen) atoms. The van der Waals surface area contributed by atoms with E-state index in [2.05, 4.69) is 0 Å². The minimum absolute atomic E-state index is 0.153. The molecule has 4 amide bonds. The number of allylic oxidation sites excluding steroid dienone is 2. The molecule has 0 aromatic heterocycles. The number of phenolic OH excluding ortho intramolecular Hbond substituents is 1. The van der Waals surface area contributed by atoms with Crippen molar-refractivity contribution in [3.63, 3.8) is 0 Å². The Hall–Kier alpha value is -3.56. The number of aromatic hydroxyl groups is 1. The van der Waals surface area contributed by atoms with Gasteiger partial charge in [0.15, 0.2) is 27.1 Å². The second kappa shape index (κ2) is 8.72. The van der Waals surface area contributed by atoms with E-state index in [1.807, 2.05) is 0 Å². The Bertz CT molecular complexity index is 1570. The van der Waals surface area contributed by atoms with Gasteiger partial charge in [-0.2, -0.15) is 0 Å². The van der Waals surface area contributed by atoms with Gasteiger partial charge in [0.1, 0.15) is 0 Å². The average Bonchev–Trinajstić information content (AvgIpc) is 3.25. The van der Waals surface area contributed by atoms with Crippen LogP contribution in [-0.2, 0) is 19.2 Å². The van der Waals surface area contributed by atoms with E-state index in [1.54, 1.807) is 6.08 Å². The highest BCUT2D eigenvalue weighted by Crippen LogP contribution is 2.65. The van der Waals surface area contributed by atoms with Crippen molar-refractivity contribution in [3.8, 4) is 5.75 Å². The van der Waals surface area contributed by atoms with Crippen molar-refractivity contribution in [2.75, 3.05) is 11.9 Å². The van der Waals surface area contributed by atoms with Crippen molar-refractivity contribution in [2.24, 2.45) is 17.8 Å². The van der Waals surface area contributed by atoms with Crippen molar-refractivity contribution < 1.29 is 33.5 Å². The van der Waals surface area contributed by atoms with Crippen molar-refractivity contribution in [1.82, 2.24) is 4.90 Å². The number of ketones is 1. The van der Waals surface area contributed by atoms with Crippen LogP contribution in [0.4, 0.5) is 10.1 Å². The van der Waals surface area contributed by atoms with Crippen LogP contribution in [0.3, 0.4) is 0 Å². The third-order valence-corrected chi connectivity index (χ3v) is 10.3. The second-order valence-corrected chi connectivity index (χ2v) is 12.1. The molecular formula is C29H23Cl2FN2O6. The maximum Gasteiger partial charge on any atom is 0.253 e. The zero-order chi connectivity index (χ0) is 28.9. The van der Waals surface area contributed by atoms with E-state index in [0.29, 0.717) is 16.8 Å². The van der Waals surface area contributed by atoms with Gasteiger partial charge in [-0.15, -0.1) is 23.2 Å². The Balaban J connectivity index is 1.48. The topological polar surface area (TPSA) is 112 Å². The van der Waals surface area contributed by atoms with Gasteiger partial charge >= 0.3 is 0 Å². The van der Waals surface area contributed by atoms with Crippen LogP contribution in [0, 0.1) is 23.6 Å². The van der Waals surface area contributed by atoms with Crippen LogP contribution in [-0.4, -0.2) is 56.2 Å². The first-order chi connectivity index (χ1) is 18.8. The summed E-state index contributed by atoms with van der Waals surface area (Å²) in [6.45, 7) is 1.41. The molecule has 4 aliphatic rings. The number of phenols is 1. The maximum atomic E-state index is 14.6. The fraction of sp³-hybridized carbons (Fsp3) is 0.345. The molecule has 2 saturated heterocycles. The Morgan fingerprint density at radius 1 is 1.00 bits per heavy atom. The number of fused-ring (bicyclic) bond motifs is 4. The SMILES string of the molecule is CC(=O)c1ccc(N2C(=O)C3CC=C4C(CC5(Cl)C(=O)N(C)C(=O)C5(Cl)C4c4ccc(O)c(F)c4)C3C2=O)cc1. The van der Waals surface area contributed by atoms with Gasteiger partial charge in [0.25, 0.3) is 11.8 Å². The third-order valence-electron chi connectivity index (χ3n) is 8.85. The van der Waals surface area contributed by atoms with Gasteiger partial charge in [0, 0.05) is 18.5 Å². The summed E-state index contributed by atoms with van der Waals surface area (Å²) in [5.41, 5.74) is 1.46. The molecule has 2 aromatic rings. The summed E-state index contributed by atoms with van der Waals surface area (Å²) in [6.07, 6.45) is 1.71. The molecular weight excluding hydrogens is 562 g/mol. The number of amides is 4. The molecule has 2 aromatic carbocycles. The summed E-state index contributed by atoms with van der Waals surface area (Å²) in [5, 5.41) is 9.80.